The van der Waals surface area contributed by atoms with Gasteiger partial charge in [-0.2, -0.15) is 0 Å². The second-order valence-corrected chi connectivity index (χ2v) is 9.22. The Hall–Kier alpha value is -2.99. The Balaban J connectivity index is 1.40. The molecule has 0 amide bonds. The van der Waals surface area contributed by atoms with Crippen LogP contribution >= 0.6 is 0 Å². The molecular weight excluding hydrogens is 402 g/mol. The predicted octanol–water partition coefficient (Wildman–Crippen LogP) is 3.52. The summed E-state index contributed by atoms with van der Waals surface area (Å²) >= 11 is 0. The molecule has 3 heterocycles. The lowest BCUT2D eigenvalue weighted by molar-refractivity contribution is 0.0516. The summed E-state index contributed by atoms with van der Waals surface area (Å²) in [6.07, 6.45) is 5.36. The Morgan fingerprint density at radius 3 is 2.47 bits per heavy atom. The highest BCUT2D eigenvalue weighted by molar-refractivity contribution is 5.89. The smallest absolute Gasteiger partial charge is 0.362 e. The van der Waals surface area contributed by atoms with Crippen LogP contribution in [0.1, 0.15) is 53.8 Å². The molecular formula is C26H27N3O3. The second kappa shape index (κ2) is 7.55. The number of ether oxygens (including phenoxy) is 1. The summed E-state index contributed by atoms with van der Waals surface area (Å²) in [6.45, 7) is 1.96. The first-order valence-electron chi connectivity index (χ1n) is 11.7. The molecule has 3 aliphatic rings. The summed E-state index contributed by atoms with van der Waals surface area (Å²) in [5.74, 6) is -0.636. The number of hydrogen-bond donors (Lipinski definition) is 0. The van der Waals surface area contributed by atoms with Gasteiger partial charge in [-0.3, -0.25) is 14.3 Å². The highest BCUT2D eigenvalue weighted by Gasteiger charge is 2.51. The Bertz CT molecular complexity index is 1240. The van der Waals surface area contributed by atoms with Crippen molar-refractivity contribution in [2.45, 2.75) is 63.2 Å². The van der Waals surface area contributed by atoms with E-state index in [-0.39, 0.29) is 23.9 Å². The number of carbonyl (C=O) groups excluding carboxylic acids is 1. The maximum atomic E-state index is 13.6. The summed E-state index contributed by atoms with van der Waals surface area (Å²) in [5, 5.41) is 0. The number of nitrogens with zero attached hydrogens (tertiary/aromatic N) is 3. The van der Waals surface area contributed by atoms with Crippen molar-refractivity contribution in [3.05, 3.63) is 75.7 Å². The van der Waals surface area contributed by atoms with Crippen molar-refractivity contribution in [2.24, 2.45) is 0 Å². The molecule has 0 unspecified atom stereocenters. The maximum Gasteiger partial charge on any atom is 0.362 e. The van der Waals surface area contributed by atoms with Gasteiger partial charge in [-0.25, -0.2) is 9.78 Å². The molecule has 3 atom stereocenters. The minimum absolute atomic E-state index is 0.0473. The van der Waals surface area contributed by atoms with Gasteiger partial charge in [0.25, 0.3) is 5.56 Å². The van der Waals surface area contributed by atoms with Gasteiger partial charge >= 0.3 is 5.97 Å². The van der Waals surface area contributed by atoms with Crippen LogP contribution < -0.4 is 5.56 Å². The molecule has 1 aromatic heterocycles. The van der Waals surface area contributed by atoms with Gasteiger partial charge in [-0.15, -0.1) is 0 Å². The van der Waals surface area contributed by atoms with E-state index in [2.05, 4.69) is 34.1 Å². The van der Waals surface area contributed by atoms with E-state index >= 15 is 0 Å². The molecule has 0 N–H and O–H groups in total. The lowest BCUT2D eigenvalue weighted by Gasteiger charge is -2.31. The molecule has 2 bridgehead atoms. The fourth-order valence-corrected chi connectivity index (χ4v) is 6.41. The minimum Gasteiger partial charge on any atom is -0.461 e. The quantitative estimate of drug-likeness (QED) is 0.594. The number of aromatic nitrogens is 2. The summed E-state index contributed by atoms with van der Waals surface area (Å²) in [6, 6.07) is 17.7. The number of esters is 1. The van der Waals surface area contributed by atoms with E-state index in [0.29, 0.717) is 23.6 Å². The molecule has 0 radical (unpaired) electrons. The number of hydrogen-bond acceptors (Lipinski definition) is 5. The molecule has 164 valence electrons. The highest BCUT2D eigenvalue weighted by Crippen LogP contribution is 2.47. The van der Waals surface area contributed by atoms with Crippen LogP contribution in [0, 0.1) is 0 Å². The highest BCUT2D eigenvalue weighted by atomic mass is 16.5. The third-order valence-electron chi connectivity index (χ3n) is 7.60. The zero-order valence-corrected chi connectivity index (χ0v) is 18.2. The first-order valence-corrected chi connectivity index (χ1v) is 11.7. The van der Waals surface area contributed by atoms with E-state index in [1.807, 2.05) is 28.8 Å². The third kappa shape index (κ3) is 2.93. The molecule has 6 nitrogen and oxygen atoms in total. The zero-order chi connectivity index (χ0) is 21.8. The third-order valence-corrected chi connectivity index (χ3v) is 7.60. The van der Waals surface area contributed by atoms with Crippen molar-refractivity contribution >= 4 is 17.0 Å². The largest absolute Gasteiger partial charge is 0.461 e. The molecule has 3 aromatic rings. The van der Waals surface area contributed by atoms with Crippen molar-refractivity contribution in [3.63, 3.8) is 0 Å². The molecule has 1 aliphatic carbocycles. The molecule has 2 aliphatic heterocycles. The van der Waals surface area contributed by atoms with Crippen LogP contribution in [0.5, 0.6) is 0 Å². The van der Waals surface area contributed by atoms with Gasteiger partial charge in [0.05, 0.1) is 23.7 Å². The van der Waals surface area contributed by atoms with E-state index in [4.69, 9.17) is 4.74 Å². The van der Waals surface area contributed by atoms with Crippen molar-refractivity contribution in [1.29, 1.82) is 0 Å². The number of rotatable bonds is 4. The summed E-state index contributed by atoms with van der Waals surface area (Å²) in [4.78, 5) is 33.2. The Morgan fingerprint density at radius 1 is 1.00 bits per heavy atom. The summed E-state index contributed by atoms with van der Waals surface area (Å²) in [5.41, 5.74) is 3.95. The van der Waals surface area contributed by atoms with Gasteiger partial charge < -0.3 is 4.74 Å². The average molecular weight is 430 g/mol. The van der Waals surface area contributed by atoms with Gasteiger partial charge in [0, 0.05) is 18.1 Å². The normalized spacial score (nSPS) is 24.8. The molecule has 32 heavy (non-hydrogen) atoms. The van der Waals surface area contributed by atoms with E-state index < -0.39 is 5.97 Å². The Morgan fingerprint density at radius 2 is 1.72 bits per heavy atom. The van der Waals surface area contributed by atoms with Crippen LogP contribution in [0.15, 0.2) is 53.3 Å². The standard InChI is InChI=1S/C26H27N3O3/c1-2-32-26(31)24-25(30)29(21-10-6-5-9-20(21)27-24)23-15-18-11-12-22(23)28(18)19-13-16-7-3-4-8-17(16)14-19/h3-10,18-19,22-23H,2,11-15H2,1H3/t18-,22+,23+/m0/s1. The van der Waals surface area contributed by atoms with Crippen LogP contribution in [-0.2, 0) is 17.6 Å². The van der Waals surface area contributed by atoms with Crippen LogP contribution in [0.2, 0.25) is 0 Å². The van der Waals surface area contributed by atoms with Gasteiger partial charge in [0.2, 0.25) is 5.69 Å². The average Bonchev–Trinajstić information content (AvgIpc) is 3.50. The topological polar surface area (TPSA) is 64.4 Å². The van der Waals surface area contributed by atoms with Crippen LogP contribution in [-0.4, -0.2) is 45.2 Å². The maximum absolute atomic E-state index is 13.6. The lowest BCUT2D eigenvalue weighted by Crippen LogP contribution is -2.42. The lowest BCUT2D eigenvalue weighted by atomic mass is 9.95. The van der Waals surface area contributed by atoms with Crippen LogP contribution in [0.4, 0.5) is 0 Å². The SMILES string of the molecule is CCOC(=O)c1nc2ccccc2n([C@@H]2C[C@@H]3CC[C@H]2N3C2Cc3ccccc3C2)c1=O. The van der Waals surface area contributed by atoms with Crippen molar-refractivity contribution in [1.82, 2.24) is 14.5 Å². The number of benzene rings is 2. The second-order valence-electron chi connectivity index (χ2n) is 9.22. The molecule has 2 aromatic carbocycles. The number of carbonyl (C=O) groups is 1. The van der Waals surface area contributed by atoms with Crippen molar-refractivity contribution in [2.75, 3.05) is 6.61 Å². The summed E-state index contributed by atoms with van der Waals surface area (Å²) in [7, 11) is 0. The van der Waals surface area contributed by atoms with E-state index in [1.165, 1.54) is 17.5 Å². The fourth-order valence-electron chi connectivity index (χ4n) is 6.41. The van der Waals surface area contributed by atoms with Crippen molar-refractivity contribution in [3.8, 4) is 0 Å². The summed E-state index contributed by atoms with van der Waals surface area (Å²) < 4.78 is 7.00. The minimum atomic E-state index is -0.636. The monoisotopic (exact) mass is 429 g/mol. The molecule has 0 saturated carbocycles. The predicted molar refractivity (Wildman–Crippen MR) is 122 cm³/mol. The van der Waals surface area contributed by atoms with E-state index in [1.54, 1.807) is 6.92 Å². The fraction of sp³-hybridized carbons (Fsp3) is 0.423. The molecule has 2 saturated heterocycles. The molecule has 6 rings (SSSR count). The number of para-hydroxylation sites is 2. The van der Waals surface area contributed by atoms with E-state index in [9.17, 15) is 9.59 Å². The van der Waals surface area contributed by atoms with Crippen LogP contribution in [0.25, 0.3) is 11.0 Å². The van der Waals surface area contributed by atoms with Crippen molar-refractivity contribution < 1.29 is 9.53 Å². The molecule has 6 heteroatoms. The van der Waals surface area contributed by atoms with Gasteiger partial charge in [-0.05, 0) is 62.3 Å². The molecule has 0 spiro atoms. The first kappa shape index (κ1) is 19.7. The zero-order valence-electron chi connectivity index (χ0n) is 18.2. The Labute approximate surface area is 186 Å². The Kier molecular flexibility index (Phi) is 4.65. The van der Waals surface area contributed by atoms with E-state index in [0.717, 1.165) is 31.2 Å². The van der Waals surface area contributed by atoms with Gasteiger partial charge in [0.15, 0.2) is 0 Å². The van der Waals surface area contributed by atoms with Crippen LogP contribution in [0.3, 0.4) is 0 Å². The molecule has 2 fully saturated rings. The number of fused-ring (bicyclic) bond motifs is 4. The first-order chi connectivity index (χ1) is 15.7. The van der Waals surface area contributed by atoms with Gasteiger partial charge in [0.1, 0.15) is 0 Å². The van der Waals surface area contributed by atoms with Gasteiger partial charge in [-0.1, -0.05) is 36.4 Å².